The van der Waals surface area contributed by atoms with E-state index in [1.165, 1.54) is 39.1 Å². The van der Waals surface area contributed by atoms with Gasteiger partial charge in [-0.15, -0.1) is 0 Å². The Labute approximate surface area is 121 Å². The number of benzene rings is 1. The number of rotatable bonds is 7. The molecule has 0 amide bonds. The second-order valence-electron chi connectivity index (χ2n) is 5.70. The molecule has 1 fully saturated rings. The van der Waals surface area contributed by atoms with Crippen LogP contribution in [0.5, 0.6) is 5.75 Å². The first-order chi connectivity index (χ1) is 9.78. The van der Waals surface area contributed by atoms with Gasteiger partial charge in [-0.05, 0) is 25.0 Å². The van der Waals surface area contributed by atoms with Crippen molar-refractivity contribution in [2.75, 3.05) is 46.4 Å². The summed E-state index contributed by atoms with van der Waals surface area (Å²) in [4.78, 5) is 14.1. The molecule has 0 bridgehead atoms. The zero-order valence-electron chi connectivity index (χ0n) is 12.4. The highest BCUT2D eigenvalue weighted by Crippen LogP contribution is 2.12. The highest BCUT2D eigenvalue weighted by atomic mass is 16.5. The Morgan fingerprint density at radius 1 is 1.20 bits per heavy atom. The third-order valence-electron chi connectivity index (χ3n) is 4.00. The van der Waals surface area contributed by atoms with Crippen molar-refractivity contribution in [3.63, 3.8) is 0 Å². The van der Waals surface area contributed by atoms with Gasteiger partial charge in [-0.1, -0.05) is 12.1 Å². The van der Waals surface area contributed by atoms with Gasteiger partial charge in [0.2, 0.25) is 0 Å². The predicted molar refractivity (Wildman–Crippen MR) is 78.7 cm³/mol. The topological polar surface area (TPSA) is 35.2 Å². The molecule has 1 heterocycles. The number of nitrogens with one attached hydrogen (secondary N) is 2. The van der Waals surface area contributed by atoms with Crippen LogP contribution in [0.1, 0.15) is 23.2 Å². The lowest BCUT2D eigenvalue weighted by Crippen LogP contribution is -3.27. The van der Waals surface area contributed by atoms with Crippen LogP contribution in [-0.2, 0) is 0 Å². The molecule has 4 nitrogen and oxygen atoms in total. The molecule has 0 aromatic heterocycles. The van der Waals surface area contributed by atoms with Gasteiger partial charge in [-0.3, -0.25) is 4.79 Å². The minimum absolute atomic E-state index is 0.673. The fraction of sp³-hybridized carbons (Fsp3) is 0.562. The SMILES string of the molecule is C[NH+]1CC[NH+](CCCCOc2cccc(C=O)c2)CC1. The van der Waals surface area contributed by atoms with Crippen molar-refractivity contribution in [1.29, 1.82) is 0 Å². The van der Waals surface area contributed by atoms with Crippen molar-refractivity contribution in [1.82, 2.24) is 0 Å². The lowest BCUT2D eigenvalue weighted by atomic mass is 10.2. The maximum Gasteiger partial charge on any atom is 0.150 e. The molecule has 1 aliphatic rings. The van der Waals surface area contributed by atoms with E-state index in [0.29, 0.717) is 5.56 Å². The maximum atomic E-state index is 10.7. The van der Waals surface area contributed by atoms with E-state index >= 15 is 0 Å². The number of piperazine rings is 1. The van der Waals surface area contributed by atoms with Crippen LogP contribution in [0.25, 0.3) is 0 Å². The summed E-state index contributed by atoms with van der Waals surface area (Å²) >= 11 is 0. The standard InChI is InChI=1S/C16H24N2O2/c1-17-8-10-18(11-9-17)7-2-3-12-20-16-6-4-5-15(13-16)14-19/h4-6,13-14H,2-3,7-12H2,1H3/p+2. The minimum Gasteiger partial charge on any atom is -0.494 e. The average Bonchev–Trinajstić information content (AvgIpc) is 2.49. The van der Waals surface area contributed by atoms with Gasteiger partial charge in [0.05, 0.1) is 20.2 Å². The lowest BCUT2D eigenvalue weighted by Gasteiger charge is -2.27. The Bertz CT molecular complexity index is 415. The van der Waals surface area contributed by atoms with E-state index in [-0.39, 0.29) is 0 Å². The van der Waals surface area contributed by atoms with Crippen LogP contribution < -0.4 is 14.5 Å². The second-order valence-corrected chi connectivity index (χ2v) is 5.70. The molecule has 1 aliphatic heterocycles. The third-order valence-corrected chi connectivity index (χ3v) is 4.00. The Kier molecular flexibility index (Phi) is 6.02. The Hall–Kier alpha value is -1.39. The van der Waals surface area contributed by atoms with Gasteiger partial charge < -0.3 is 14.5 Å². The predicted octanol–water partition coefficient (Wildman–Crippen LogP) is -0.929. The molecule has 2 N–H and O–H groups in total. The van der Waals surface area contributed by atoms with E-state index in [2.05, 4.69) is 7.05 Å². The van der Waals surface area contributed by atoms with E-state index in [1.54, 1.807) is 21.9 Å². The normalized spacial score (nSPS) is 22.4. The van der Waals surface area contributed by atoms with E-state index < -0.39 is 0 Å². The Morgan fingerprint density at radius 2 is 2.00 bits per heavy atom. The van der Waals surface area contributed by atoms with Crippen LogP contribution in [0.3, 0.4) is 0 Å². The quantitative estimate of drug-likeness (QED) is 0.499. The maximum absolute atomic E-state index is 10.7. The summed E-state index contributed by atoms with van der Waals surface area (Å²) in [6.07, 6.45) is 3.14. The summed E-state index contributed by atoms with van der Waals surface area (Å²) in [5.74, 6) is 0.796. The fourth-order valence-corrected chi connectivity index (χ4v) is 2.63. The van der Waals surface area contributed by atoms with Crippen LogP contribution in [0.15, 0.2) is 24.3 Å². The van der Waals surface area contributed by atoms with Crippen LogP contribution in [-0.4, -0.2) is 52.7 Å². The van der Waals surface area contributed by atoms with Crippen LogP contribution in [0.4, 0.5) is 0 Å². The van der Waals surface area contributed by atoms with Crippen molar-refractivity contribution in [2.45, 2.75) is 12.8 Å². The number of hydrogen-bond donors (Lipinski definition) is 2. The molecule has 110 valence electrons. The summed E-state index contributed by atoms with van der Waals surface area (Å²) in [6.45, 7) is 7.18. The molecular formula is C16H26N2O2+2. The summed E-state index contributed by atoms with van der Waals surface area (Å²) in [7, 11) is 2.28. The molecule has 1 saturated heterocycles. The smallest absolute Gasteiger partial charge is 0.150 e. The third kappa shape index (κ3) is 4.94. The largest absolute Gasteiger partial charge is 0.494 e. The molecule has 2 rings (SSSR count). The molecule has 0 spiro atoms. The van der Waals surface area contributed by atoms with Gasteiger partial charge >= 0.3 is 0 Å². The number of unbranched alkanes of at least 4 members (excludes halogenated alkanes) is 1. The zero-order valence-corrected chi connectivity index (χ0v) is 12.4. The van der Waals surface area contributed by atoms with Gasteiger partial charge in [0.15, 0.2) is 0 Å². The molecule has 0 aliphatic carbocycles. The van der Waals surface area contributed by atoms with E-state index in [1.807, 2.05) is 12.1 Å². The average molecular weight is 278 g/mol. The van der Waals surface area contributed by atoms with E-state index in [4.69, 9.17) is 4.74 Å². The number of likely N-dealkylation sites (N-methyl/N-ethyl adjacent to an activating group) is 1. The second kappa shape index (κ2) is 8.02. The lowest BCUT2D eigenvalue weighted by molar-refractivity contribution is -1.00. The van der Waals surface area contributed by atoms with Gasteiger partial charge in [0, 0.05) is 5.56 Å². The summed E-state index contributed by atoms with van der Waals surface area (Å²) in [5, 5.41) is 0. The number of carbonyl (C=O) groups excluding carboxylic acids is 1. The van der Waals surface area contributed by atoms with Gasteiger partial charge in [0.25, 0.3) is 0 Å². The monoisotopic (exact) mass is 278 g/mol. The van der Waals surface area contributed by atoms with E-state index in [9.17, 15) is 4.79 Å². The Morgan fingerprint density at radius 3 is 2.75 bits per heavy atom. The van der Waals surface area contributed by atoms with Crippen LogP contribution in [0.2, 0.25) is 0 Å². The molecule has 1 aromatic carbocycles. The highest BCUT2D eigenvalue weighted by molar-refractivity contribution is 5.75. The molecule has 1 aromatic rings. The van der Waals surface area contributed by atoms with Crippen molar-refractivity contribution >= 4 is 6.29 Å². The molecular weight excluding hydrogens is 252 g/mol. The van der Waals surface area contributed by atoms with Crippen molar-refractivity contribution in [3.8, 4) is 5.75 Å². The highest BCUT2D eigenvalue weighted by Gasteiger charge is 2.18. The molecule has 20 heavy (non-hydrogen) atoms. The summed E-state index contributed by atoms with van der Waals surface area (Å²) in [6, 6.07) is 7.34. The van der Waals surface area contributed by atoms with E-state index in [0.717, 1.165) is 25.1 Å². The first-order valence-electron chi connectivity index (χ1n) is 7.61. The molecule has 0 unspecified atom stereocenters. The van der Waals surface area contributed by atoms with Crippen LogP contribution >= 0.6 is 0 Å². The number of hydrogen-bond acceptors (Lipinski definition) is 2. The Balaban J connectivity index is 1.58. The number of ether oxygens (including phenoxy) is 1. The van der Waals surface area contributed by atoms with Crippen molar-refractivity contribution < 1.29 is 19.3 Å². The first kappa shape index (κ1) is 15.0. The van der Waals surface area contributed by atoms with Gasteiger partial charge in [0.1, 0.15) is 38.2 Å². The first-order valence-corrected chi connectivity index (χ1v) is 7.61. The van der Waals surface area contributed by atoms with Gasteiger partial charge in [-0.25, -0.2) is 0 Å². The summed E-state index contributed by atoms with van der Waals surface area (Å²) < 4.78 is 5.68. The molecule has 4 heteroatoms. The van der Waals surface area contributed by atoms with Crippen molar-refractivity contribution in [3.05, 3.63) is 29.8 Å². The molecule has 0 radical (unpaired) electrons. The molecule has 0 saturated carbocycles. The van der Waals surface area contributed by atoms with Crippen LogP contribution in [0, 0.1) is 0 Å². The molecule has 0 atom stereocenters. The van der Waals surface area contributed by atoms with Gasteiger partial charge in [-0.2, -0.15) is 0 Å². The fourth-order valence-electron chi connectivity index (χ4n) is 2.63. The number of quaternary nitrogens is 2. The number of aldehydes is 1. The number of carbonyl (C=O) groups is 1. The summed E-state index contributed by atoms with van der Waals surface area (Å²) in [5.41, 5.74) is 0.673. The van der Waals surface area contributed by atoms with Crippen molar-refractivity contribution in [2.24, 2.45) is 0 Å². The minimum atomic E-state index is 0.673. The zero-order chi connectivity index (χ0) is 14.2.